The second-order valence-corrected chi connectivity index (χ2v) is 9.21. The summed E-state index contributed by atoms with van der Waals surface area (Å²) in [6.45, 7) is 9.24. The second-order valence-electron chi connectivity index (χ2n) is 7.54. The molecular weight excluding hydrogens is 432 g/mol. The highest BCUT2D eigenvalue weighted by Crippen LogP contribution is 2.36. The van der Waals surface area contributed by atoms with Gasteiger partial charge in [0.2, 0.25) is 0 Å². The fourth-order valence-electron chi connectivity index (χ4n) is 3.90. The Morgan fingerprint density at radius 1 is 1.23 bits per heavy atom. The zero-order valence-electron chi connectivity index (χ0n) is 18.3. The lowest BCUT2D eigenvalue weighted by atomic mass is 10.0. The van der Waals surface area contributed by atoms with Gasteiger partial charge in [-0.3, -0.25) is 19.1 Å². The van der Waals surface area contributed by atoms with E-state index in [-0.39, 0.29) is 17.0 Å². The van der Waals surface area contributed by atoms with Crippen LogP contribution in [0.1, 0.15) is 49.8 Å². The van der Waals surface area contributed by atoms with Crippen LogP contribution in [0.5, 0.6) is 0 Å². The van der Waals surface area contributed by atoms with Gasteiger partial charge in [0.25, 0.3) is 11.5 Å². The van der Waals surface area contributed by atoms with Crippen molar-refractivity contribution in [3.8, 4) is 6.07 Å². The summed E-state index contributed by atoms with van der Waals surface area (Å²) >= 11 is 6.75. The topological polar surface area (TPSA) is 78.6 Å². The molecule has 2 aliphatic heterocycles. The largest absolute Gasteiger partial charge is 0.378 e. The normalized spacial score (nSPS) is 18.2. The molecule has 0 bridgehead atoms. The Morgan fingerprint density at radius 2 is 1.94 bits per heavy atom. The molecular formula is C22H28N4O3S2. The second kappa shape index (κ2) is 10.4. The lowest BCUT2D eigenvalue weighted by Gasteiger charge is -2.33. The van der Waals surface area contributed by atoms with Crippen LogP contribution in [0.2, 0.25) is 0 Å². The fourth-order valence-corrected chi connectivity index (χ4v) is 5.19. The molecule has 0 atom stereocenters. The van der Waals surface area contributed by atoms with Crippen molar-refractivity contribution in [3.05, 3.63) is 31.9 Å². The monoisotopic (exact) mass is 460 g/mol. The molecule has 0 unspecified atom stereocenters. The number of morpholine rings is 1. The number of amides is 1. The molecule has 0 spiro atoms. The molecule has 7 nitrogen and oxygen atoms in total. The maximum absolute atomic E-state index is 13.1. The fraction of sp³-hybridized carbons (Fsp3) is 0.545. The highest BCUT2D eigenvalue weighted by Gasteiger charge is 2.33. The molecule has 2 fully saturated rings. The van der Waals surface area contributed by atoms with Gasteiger partial charge >= 0.3 is 0 Å². The molecule has 166 valence electrons. The van der Waals surface area contributed by atoms with Gasteiger partial charge in [0.1, 0.15) is 21.8 Å². The Bertz CT molecular complexity index is 1000. The first-order chi connectivity index (χ1) is 14.9. The van der Waals surface area contributed by atoms with Gasteiger partial charge in [-0.2, -0.15) is 5.26 Å². The number of nitrogens with zero attached hydrogens (tertiary/aromatic N) is 4. The van der Waals surface area contributed by atoms with Gasteiger partial charge < -0.3 is 9.64 Å². The van der Waals surface area contributed by atoms with Crippen LogP contribution in [0.3, 0.4) is 0 Å². The Morgan fingerprint density at radius 3 is 2.55 bits per heavy atom. The first-order valence-electron chi connectivity index (χ1n) is 10.7. The molecule has 2 saturated heterocycles. The summed E-state index contributed by atoms with van der Waals surface area (Å²) < 4.78 is 7.67. The van der Waals surface area contributed by atoms with Crippen LogP contribution in [-0.2, 0) is 16.1 Å². The van der Waals surface area contributed by atoms with Crippen LogP contribution in [-0.4, -0.2) is 52.5 Å². The van der Waals surface area contributed by atoms with E-state index < -0.39 is 0 Å². The lowest BCUT2D eigenvalue weighted by molar-refractivity contribution is -0.122. The number of nitriles is 1. The Hall–Kier alpha value is -2.15. The van der Waals surface area contributed by atoms with Crippen molar-refractivity contribution in [2.24, 2.45) is 0 Å². The molecule has 0 radical (unpaired) electrons. The minimum absolute atomic E-state index is 0.105. The number of thiocarbonyl (C=S) groups is 1. The predicted molar refractivity (Wildman–Crippen MR) is 128 cm³/mol. The van der Waals surface area contributed by atoms with Gasteiger partial charge in [-0.05, 0) is 31.9 Å². The smallest absolute Gasteiger partial charge is 0.270 e. The number of unbranched alkanes of at least 4 members (excludes halogenated alkanes) is 2. The van der Waals surface area contributed by atoms with E-state index in [4.69, 9.17) is 17.0 Å². The highest BCUT2D eigenvalue weighted by molar-refractivity contribution is 8.26. The number of rotatable bonds is 7. The number of pyridine rings is 1. The van der Waals surface area contributed by atoms with Crippen LogP contribution in [0, 0.1) is 18.3 Å². The molecule has 0 saturated carbocycles. The van der Waals surface area contributed by atoms with Crippen LogP contribution in [0.25, 0.3) is 6.08 Å². The number of ether oxygens (including phenoxy) is 1. The van der Waals surface area contributed by atoms with E-state index >= 15 is 0 Å². The van der Waals surface area contributed by atoms with E-state index in [0.717, 1.165) is 30.6 Å². The van der Waals surface area contributed by atoms with Gasteiger partial charge in [0.15, 0.2) is 0 Å². The zero-order valence-corrected chi connectivity index (χ0v) is 19.9. The summed E-state index contributed by atoms with van der Waals surface area (Å²) in [6.07, 6.45) is 4.84. The van der Waals surface area contributed by atoms with Gasteiger partial charge in [-0.1, -0.05) is 43.7 Å². The van der Waals surface area contributed by atoms with E-state index in [1.54, 1.807) is 16.4 Å². The lowest BCUT2D eigenvalue weighted by Crippen LogP contribution is -2.41. The summed E-state index contributed by atoms with van der Waals surface area (Å²) in [5, 5.41) is 9.64. The predicted octanol–water partition coefficient (Wildman–Crippen LogP) is 3.28. The summed E-state index contributed by atoms with van der Waals surface area (Å²) in [5.74, 6) is 0.634. The maximum Gasteiger partial charge on any atom is 0.270 e. The van der Waals surface area contributed by atoms with Crippen LogP contribution < -0.4 is 10.5 Å². The highest BCUT2D eigenvalue weighted by atomic mass is 32.2. The third-order valence-corrected chi connectivity index (χ3v) is 6.99. The summed E-state index contributed by atoms with van der Waals surface area (Å²) in [6, 6.07) is 2.06. The molecule has 3 rings (SSSR count). The number of anilines is 1. The maximum atomic E-state index is 13.1. The number of carbonyl (C=O) groups excluding carboxylic acids is 1. The molecule has 3 heterocycles. The number of carbonyl (C=O) groups is 1. The van der Waals surface area contributed by atoms with Crippen molar-refractivity contribution in [1.29, 1.82) is 5.26 Å². The van der Waals surface area contributed by atoms with E-state index in [1.807, 2.05) is 13.0 Å². The number of hydrogen-bond acceptors (Lipinski definition) is 7. The van der Waals surface area contributed by atoms with Crippen LogP contribution in [0.4, 0.5) is 5.82 Å². The van der Waals surface area contributed by atoms with Crippen LogP contribution in [0.15, 0.2) is 9.70 Å². The number of aromatic nitrogens is 1. The number of hydrogen-bond donors (Lipinski definition) is 0. The SMILES string of the molecule is CCCCCN1C(=O)C(=Cc2c(C)c(C#N)c(=O)n(CC)c2N2CCOCC2)SC1=S. The molecule has 9 heteroatoms. The van der Waals surface area contributed by atoms with E-state index in [1.165, 1.54) is 11.8 Å². The average molecular weight is 461 g/mol. The Kier molecular flexibility index (Phi) is 7.92. The van der Waals surface area contributed by atoms with Gasteiger partial charge in [-0.15, -0.1) is 0 Å². The molecule has 1 aromatic rings. The molecule has 31 heavy (non-hydrogen) atoms. The van der Waals surface area contributed by atoms with Crippen molar-refractivity contribution in [3.63, 3.8) is 0 Å². The van der Waals surface area contributed by atoms with Gasteiger partial charge in [-0.25, -0.2) is 0 Å². The van der Waals surface area contributed by atoms with E-state index in [0.29, 0.717) is 54.2 Å². The van der Waals surface area contributed by atoms with Crippen molar-refractivity contribution in [2.45, 2.75) is 46.6 Å². The van der Waals surface area contributed by atoms with Crippen molar-refractivity contribution in [1.82, 2.24) is 9.47 Å². The molecule has 1 amide bonds. The molecule has 1 aromatic heterocycles. The average Bonchev–Trinajstić information content (AvgIpc) is 3.03. The van der Waals surface area contributed by atoms with Crippen molar-refractivity contribution in [2.75, 3.05) is 37.7 Å². The third kappa shape index (κ3) is 4.71. The first-order valence-corrected chi connectivity index (χ1v) is 11.9. The third-order valence-electron chi connectivity index (χ3n) is 5.61. The minimum atomic E-state index is -0.298. The van der Waals surface area contributed by atoms with Crippen molar-refractivity contribution < 1.29 is 9.53 Å². The van der Waals surface area contributed by atoms with Crippen LogP contribution >= 0.6 is 24.0 Å². The molecule has 0 aliphatic carbocycles. The molecule has 0 aromatic carbocycles. The summed E-state index contributed by atoms with van der Waals surface area (Å²) in [4.78, 5) is 30.4. The zero-order chi connectivity index (χ0) is 22.5. The van der Waals surface area contributed by atoms with Gasteiger partial charge in [0, 0.05) is 31.7 Å². The molecule has 0 N–H and O–H groups in total. The number of thioether (sulfide) groups is 1. The Balaban J connectivity index is 2.11. The Labute approximate surface area is 192 Å². The summed E-state index contributed by atoms with van der Waals surface area (Å²) in [7, 11) is 0. The van der Waals surface area contributed by atoms with E-state index in [2.05, 4.69) is 17.9 Å². The van der Waals surface area contributed by atoms with Gasteiger partial charge in [0.05, 0.1) is 18.1 Å². The van der Waals surface area contributed by atoms with E-state index in [9.17, 15) is 14.9 Å². The molecule has 2 aliphatic rings. The minimum Gasteiger partial charge on any atom is -0.378 e. The van der Waals surface area contributed by atoms with Crippen molar-refractivity contribution >= 4 is 46.1 Å². The first kappa shape index (κ1) is 23.5. The standard InChI is InChI=1S/C22H28N4O3S2/c1-4-6-7-8-26-21(28)18(31-22(26)30)13-16-15(3)17(14-23)20(27)25(5-2)19(16)24-9-11-29-12-10-24/h13H,4-12H2,1-3H3. The quantitative estimate of drug-likeness (QED) is 0.351. The summed E-state index contributed by atoms with van der Waals surface area (Å²) in [5.41, 5.74) is 1.14.